The summed E-state index contributed by atoms with van der Waals surface area (Å²) in [5.74, 6) is 2.82. The molecule has 0 amide bonds. The molecule has 0 bridgehead atoms. The van der Waals surface area contributed by atoms with Crippen molar-refractivity contribution in [2.75, 3.05) is 11.5 Å². The van der Waals surface area contributed by atoms with Crippen LogP contribution in [0.4, 0.5) is 0 Å². The Morgan fingerprint density at radius 2 is 0.556 bits per heavy atom. The van der Waals surface area contributed by atoms with Gasteiger partial charge >= 0.3 is 59.1 Å². The molecule has 0 atom stereocenters. The molecule has 156 valence electrons. The zero-order valence-corrected chi connectivity index (χ0v) is 18.8. The van der Waals surface area contributed by atoms with E-state index in [1.54, 1.807) is 0 Å². The van der Waals surface area contributed by atoms with E-state index in [0.717, 1.165) is 0 Å². The molecule has 0 saturated carbocycles. The molecular weight excluding hydrogens is 366 g/mol. The fourth-order valence-corrected chi connectivity index (χ4v) is 4.51. The fourth-order valence-electron chi connectivity index (χ4n) is 3.49. The first-order valence-electron chi connectivity index (χ1n) is 12.0. The second-order valence-corrected chi connectivity index (χ2v) is 9.20. The van der Waals surface area contributed by atoms with Gasteiger partial charge in [-0.1, -0.05) is 129 Å². The molecule has 0 aliphatic carbocycles. The molecular formula is C24H52Na2S. The van der Waals surface area contributed by atoms with Crippen LogP contribution in [0.25, 0.3) is 0 Å². The standard InChI is InChI=1S/C24H50S.2Na.2H/c1-3-5-7-9-11-13-15-17-19-21-23-25-24-22-20-18-16-14-12-10-8-6-4-2;;;;/h3-24H2,1-2H3;;;;. The molecule has 0 spiro atoms. The van der Waals surface area contributed by atoms with Gasteiger partial charge in [0.2, 0.25) is 0 Å². The van der Waals surface area contributed by atoms with E-state index in [4.69, 9.17) is 0 Å². The van der Waals surface area contributed by atoms with E-state index >= 15 is 0 Å². The van der Waals surface area contributed by atoms with Gasteiger partial charge in [-0.05, 0) is 24.3 Å². The Hall–Kier alpha value is 2.35. The van der Waals surface area contributed by atoms with Gasteiger partial charge in [0.05, 0.1) is 0 Å². The van der Waals surface area contributed by atoms with Gasteiger partial charge in [0, 0.05) is 0 Å². The molecule has 0 N–H and O–H groups in total. The Balaban J connectivity index is -0.00000288. The van der Waals surface area contributed by atoms with Gasteiger partial charge in [-0.3, -0.25) is 0 Å². The minimum atomic E-state index is 0. The predicted molar refractivity (Wildman–Crippen MR) is 135 cm³/mol. The molecule has 0 aromatic heterocycles. The first kappa shape index (κ1) is 34.0. The summed E-state index contributed by atoms with van der Waals surface area (Å²) in [6, 6.07) is 0. The van der Waals surface area contributed by atoms with E-state index in [0.29, 0.717) is 0 Å². The van der Waals surface area contributed by atoms with Crippen molar-refractivity contribution in [3.05, 3.63) is 0 Å². The monoisotopic (exact) mass is 418 g/mol. The second kappa shape index (κ2) is 33.0. The Morgan fingerprint density at radius 1 is 0.333 bits per heavy atom. The van der Waals surface area contributed by atoms with Gasteiger partial charge in [0.1, 0.15) is 0 Å². The number of unbranched alkanes of at least 4 members (excludes halogenated alkanes) is 18. The van der Waals surface area contributed by atoms with E-state index in [1.165, 1.54) is 140 Å². The first-order chi connectivity index (χ1) is 12.4. The molecule has 0 aromatic rings. The third-order valence-corrected chi connectivity index (χ3v) is 6.44. The summed E-state index contributed by atoms with van der Waals surface area (Å²) in [5, 5.41) is 0. The molecule has 27 heavy (non-hydrogen) atoms. The number of hydrogen-bond donors (Lipinski definition) is 0. The van der Waals surface area contributed by atoms with Gasteiger partial charge in [-0.25, -0.2) is 0 Å². The van der Waals surface area contributed by atoms with Crippen molar-refractivity contribution in [3.8, 4) is 0 Å². The van der Waals surface area contributed by atoms with Gasteiger partial charge in [0.15, 0.2) is 0 Å². The Kier molecular flexibility index (Phi) is 41.5. The molecule has 0 saturated heterocycles. The summed E-state index contributed by atoms with van der Waals surface area (Å²) in [4.78, 5) is 0. The molecule has 0 heterocycles. The molecule has 0 aliphatic heterocycles. The van der Waals surface area contributed by atoms with Gasteiger partial charge < -0.3 is 0 Å². The van der Waals surface area contributed by atoms with Crippen molar-refractivity contribution >= 4 is 70.9 Å². The van der Waals surface area contributed by atoms with Crippen LogP contribution in [-0.4, -0.2) is 70.6 Å². The van der Waals surface area contributed by atoms with Crippen LogP contribution >= 0.6 is 11.8 Å². The summed E-state index contributed by atoms with van der Waals surface area (Å²) >= 11 is 2.21. The quantitative estimate of drug-likeness (QED) is 0.126. The zero-order chi connectivity index (χ0) is 18.3. The van der Waals surface area contributed by atoms with Gasteiger partial charge in [0.25, 0.3) is 0 Å². The van der Waals surface area contributed by atoms with Crippen LogP contribution in [0.2, 0.25) is 0 Å². The maximum absolute atomic E-state index is 2.30. The zero-order valence-electron chi connectivity index (χ0n) is 18.0. The van der Waals surface area contributed by atoms with E-state index in [9.17, 15) is 0 Å². The topological polar surface area (TPSA) is 0 Å². The minimum absolute atomic E-state index is 0. The second-order valence-electron chi connectivity index (χ2n) is 7.98. The van der Waals surface area contributed by atoms with E-state index in [-0.39, 0.29) is 59.1 Å². The Labute approximate surface area is 222 Å². The molecule has 0 unspecified atom stereocenters. The number of thioether (sulfide) groups is 1. The SMILES string of the molecule is CCCCCCCCCCCCSCCCCCCCCCCCC.[NaH].[NaH]. The normalized spacial score (nSPS) is 10.4. The molecule has 0 radical (unpaired) electrons. The summed E-state index contributed by atoms with van der Waals surface area (Å²) in [6.45, 7) is 4.60. The summed E-state index contributed by atoms with van der Waals surface area (Å²) in [7, 11) is 0. The molecule has 3 heteroatoms. The molecule has 0 aliphatic rings. The van der Waals surface area contributed by atoms with E-state index in [2.05, 4.69) is 25.6 Å². The van der Waals surface area contributed by atoms with Crippen molar-refractivity contribution in [3.63, 3.8) is 0 Å². The van der Waals surface area contributed by atoms with E-state index < -0.39 is 0 Å². The Morgan fingerprint density at radius 3 is 0.815 bits per heavy atom. The van der Waals surface area contributed by atoms with Crippen molar-refractivity contribution in [2.24, 2.45) is 0 Å². The maximum atomic E-state index is 2.30. The van der Waals surface area contributed by atoms with Crippen LogP contribution in [0.15, 0.2) is 0 Å². The van der Waals surface area contributed by atoms with Gasteiger partial charge in [-0.15, -0.1) is 0 Å². The van der Waals surface area contributed by atoms with E-state index in [1.807, 2.05) is 0 Å². The number of rotatable bonds is 22. The predicted octanol–water partition coefficient (Wildman–Crippen LogP) is 8.26. The average molecular weight is 419 g/mol. The first-order valence-corrected chi connectivity index (χ1v) is 13.1. The van der Waals surface area contributed by atoms with Crippen LogP contribution in [-0.2, 0) is 0 Å². The van der Waals surface area contributed by atoms with Crippen LogP contribution in [0, 0.1) is 0 Å². The van der Waals surface area contributed by atoms with Crippen molar-refractivity contribution < 1.29 is 0 Å². The van der Waals surface area contributed by atoms with Crippen LogP contribution in [0.3, 0.4) is 0 Å². The average Bonchev–Trinajstić information content (AvgIpc) is 2.63. The molecule has 0 nitrogen and oxygen atoms in total. The summed E-state index contributed by atoms with van der Waals surface area (Å²) < 4.78 is 0. The van der Waals surface area contributed by atoms with Gasteiger partial charge in [-0.2, -0.15) is 11.8 Å². The summed E-state index contributed by atoms with van der Waals surface area (Å²) in [5.41, 5.74) is 0. The van der Waals surface area contributed by atoms with Crippen LogP contribution < -0.4 is 0 Å². The van der Waals surface area contributed by atoms with Crippen molar-refractivity contribution in [2.45, 2.75) is 142 Å². The fraction of sp³-hybridized carbons (Fsp3) is 1.00. The van der Waals surface area contributed by atoms with Crippen LogP contribution in [0.1, 0.15) is 142 Å². The summed E-state index contributed by atoms with van der Waals surface area (Å²) in [6.07, 6.45) is 29.2. The third-order valence-electron chi connectivity index (χ3n) is 5.28. The van der Waals surface area contributed by atoms with Crippen LogP contribution in [0.5, 0.6) is 0 Å². The molecule has 0 fully saturated rings. The Bertz CT molecular complexity index is 202. The van der Waals surface area contributed by atoms with Crippen molar-refractivity contribution in [1.82, 2.24) is 0 Å². The molecule has 0 rings (SSSR count). The van der Waals surface area contributed by atoms with Crippen molar-refractivity contribution in [1.29, 1.82) is 0 Å². The molecule has 0 aromatic carbocycles. The third kappa shape index (κ3) is 33.2. The number of hydrogen-bond acceptors (Lipinski definition) is 1.